The summed E-state index contributed by atoms with van der Waals surface area (Å²) in [5, 5.41) is 0. The Kier molecular flexibility index (Phi) is 3.03. The van der Waals surface area contributed by atoms with Crippen molar-refractivity contribution in [3.8, 4) is 0 Å². The van der Waals surface area contributed by atoms with Crippen molar-refractivity contribution in [3.63, 3.8) is 0 Å². The van der Waals surface area contributed by atoms with E-state index in [9.17, 15) is 0 Å². The van der Waals surface area contributed by atoms with Crippen LogP contribution >= 0.6 is 0 Å². The molecule has 0 spiro atoms. The van der Waals surface area contributed by atoms with Gasteiger partial charge in [0.25, 0.3) is 0 Å². The van der Waals surface area contributed by atoms with Gasteiger partial charge in [-0.1, -0.05) is 0 Å². The SMILES string of the molecule is C1CCc2[se]c3c(c2CC1)CCCCC3. The Morgan fingerprint density at radius 2 is 1.00 bits per heavy atom. The van der Waals surface area contributed by atoms with Gasteiger partial charge in [-0.05, 0) is 0 Å². The molecule has 0 N–H and O–H groups in total. The van der Waals surface area contributed by atoms with Gasteiger partial charge >= 0.3 is 98.7 Å². The molecule has 2 aliphatic rings. The van der Waals surface area contributed by atoms with E-state index in [0.717, 1.165) is 14.5 Å². The molecule has 0 saturated heterocycles. The molecular weight excluding hydrogens is 247 g/mol. The summed E-state index contributed by atoms with van der Waals surface area (Å²) < 4.78 is 3.82. The van der Waals surface area contributed by atoms with Gasteiger partial charge in [0.15, 0.2) is 0 Å². The molecule has 0 saturated carbocycles. The second-order valence-corrected chi connectivity index (χ2v) is 7.52. The molecule has 0 aliphatic heterocycles. The monoisotopic (exact) mass is 268 g/mol. The first-order chi connectivity index (χ1) is 7.45. The van der Waals surface area contributed by atoms with Crippen molar-refractivity contribution in [2.75, 3.05) is 0 Å². The molecule has 0 radical (unpaired) electrons. The summed E-state index contributed by atoms with van der Waals surface area (Å²) >= 11 is 0.791. The molecule has 15 heavy (non-hydrogen) atoms. The zero-order chi connectivity index (χ0) is 10.1. The zero-order valence-corrected chi connectivity index (χ0v) is 11.2. The molecule has 0 aromatic carbocycles. The molecular formula is C14H20Se. The maximum atomic E-state index is 1.91. The molecule has 82 valence electrons. The third kappa shape index (κ3) is 1.97. The fraction of sp³-hybridized carbons (Fsp3) is 0.714. The van der Waals surface area contributed by atoms with E-state index in [1.807, 2.05) is 20.0 Å². The van der Waals surface area contributed by atoms with Gasteiger partial charge in [-0.3, -0.25) is 0 Å². The van der Waals surface area contributed by atoms with E-state index >= 15 is 0 Å². The molecule has 0 amide bonds. The summed E-state index contributed by atoms with van der Waals surface area (Å²) in [4.78, 5) is 0. The van der Waals surface area contributed by atoms with Crippen LogP contribution in [-0.4, -0.2) is 14.5 Å². The van der Waals surface area contributed by atoms with Crippen LogP contribution in [0.25, 0.3) is 0 Å². The van der Waals surface area contributed by atoms with Crippen molar-refractivity contribution in [2.45, 2.75) is 64.2 Å². The first-order valence-corrected chi connectivity index (χ1v) is 8.29. The quantitative estimate of drug-likeness (QED) is 0.500. The molecule has 0 fully saturated rings. The number of aryl methyl sites for hydroxylation is 2. The van der Waals surface area contributed by atoms with Crippen molar-refractivity contribution in [1.82, 2.24) is 0 Å². The predicted octanol–water partition coefficient (Wildman–Crippen LogP) is 3.28. The number of hydrogen-bond acceptors (Lipinski definition) is 0. The van der Waals surface area contributed by atoms with Crippen molar-refractivity contribution in [1.29, 1.82) is 0 Å². The minimum atomic E-state index is 0.791. The molecule has 2 aliphatic carbocycles. The van der Waals surface area contributed by atoms with E-state index in [-0.39, 0.29) is 0 Å². The summed E-state index contributed by atoms with van der Waals surface area (Å²) in [5.74, 6) is 0. The normalized spacial score (nSPS) is 21.3. The van der Waals surface area contributed by atoms with Gasteiger partial charge in [-0.2, -0.15) is 0 Å². The van der Waals surface area contributed by atoms with Gasteiger partial charge in [-0.15, -0.1) is 0 Å². The molecule has 0 atom stereocenters. The van der Waals surface area contributed by atoms with Crippen LogP contribution in [0.4, 0.5) is 0 Å². The fourth-order valence-corrected chi connectivity index (χ4v) is 6.24. The van der Waals surface area contributed by atoms with Crippen LogP contribution in [0.5, 0.6) is 0 Å². The predicted molar refractivity (Wildman–Crippen MR) is 65.9 cm³/mol. The summed E-state index contributed by atoms with van der Waals surface area (Å²) in [6.45, 7) is 0. The van der Waals surface area contributed by atoms with E-state index < -0.39 is 0 Å². The van der Waals surface area contributed by atoms with E-state index in [0.29, 0.717) is 0 Å². The third-order valence-corrected chi connectivity index (χ3v) is 6.87. The fourth-order valence-electron chi connectivity index (χ4n) is 3.12. The van der Waals surface area contributed by atoms with Crippen LogP contribution < -0.4 is 0 Å². The van der Waals surface area contributed by atoms with Gasteiger partial charge in [0.05, 0.1) is 0 Å². The Hall–Kier alpha value is -0.000519. The van der Waals surface area contributed by atoms with Gasteiger partial charge in [0.2, 0.25) is 0 Å². The van der Waals surface area contributed by atoms with Crippen LogP contribution in [0.15, 0.2) is 0 Å². The van der Waals surface area contributed by atoms with Crippen molar-refractivity contribution >= 4 is 14.5 Å². The van der Waals surface area contributed by atoms with Crippen LogP contribution in [-0.2, 0) is 25.7 Å². The Balaban J connectivity index is 2.00. The average molecular weight is 267 g/mol. The van der Waals surface area contributed by atoms with Crippen molar-refractivity contribution < 1.29 is 0 Å². The first-order valence-electron chi connectivity index (χ1n) is 6.57. The summed E-state index contributed by atoms with van der Waals surface area (Å²) in [5.41, 5.74) is 3.73. The van der Waals surface area contributed by atoms with Crippen LogP contribution in [0, 0.1) is 0 Å². The second kappa shape index (κ2) is 4.47. The molecule has 0 nitrogen and oxygen atoms in total. The topological polar surface area (TPSA) is 0 Å². The standard InChI is InChI=1S/C14H20Se/c1-3-7-11-12-8-4-2-6-10-14(12)15-13(11)9-5-1/h1-10H2. The Morgan fingerprint density at radius 1 is 0.533 bits per heavy atom. The van der Waals surface area contributed by atoms with Gasteiger partial charge in [0, 0.05) is 0 Å². The Bertz CT molecular complexity index is 316. The molecule has 3 rings (SSSR count). The summed E-state index contributed by atoms with van der Waals surface area (Å²) in [6, 6.07) is 0. The van der Waals surface area contributed by atoms with Gasteiger partial charge in [0.1, 0.15) is 0 Å². The Morgan fingerprint density at radius 3 is 1.53 bits per heavy atom. The molecule has 1 aromatic rings. The average Bonchev–Trinajstić information content (AvgIpc) is 2.51. The summed E-state index contributed by atoms with van der Waals surface area (Å²) in [7, 11) is 0. The molecule has 1 heteroatoms. The van der Waals surface area contributed by atoms with Crippen LogP contribution in [0.1, 0.15) is 58.5 Å². The molecule has 0 bridgehead atoms. The minimum absolute atomic E-state index is 0.791. The van der Waals surface area contributed by atoms with E-state index in [2.05, 4.69) is 0 Å². The summed E-state index contributed by atoms with van der Waals surface area (Å²) in [6.07, 6.45) is 14.6. The van der Waals surface area contributed by atoms with E-state index in [1.165, 1.54) is 64.2 Å². The van der Waals surface area contributed by atoms with Crippen molar-refractivity contribution in [3.05, 3.63) is 20.0 Å². The van der Waals surface area contributed by atoms with Gasteiger partial charge < -0.3 is 0 Å². The number of fused-ring (bicyclic) bond motifs is 3. The second-order valence-electron chi connectivity index (χ2n) is 5.03. The third-order valence-electron chi connectivity index (χ3n) is 3.95. The van der Waals surface area contributed by atoms with Crippen molar-refractivity contribution in [2.24, 2.45) is 0 Å². The van der Waals surface area contributed by atoms with E-state index in [1.54, 1.807) is 0 Å². The molecule has 1 aromatic heterocycles. The van der Waals surface area contributed by atoms with Gasteiger partial charge in [-0.25, -0.2) is 0 Å². The molecule has 1 heterocycles. The van der Waals surface area contributed by atoms with E-state index in [4.69, 9.17) is 0 Å². The number of rotatable bonds is 0. The molecule has 0 unspecified atom stereocenters. The zero-order valence-electron chi connectivity index (χ0n) is 9.48. The first kappa shape index (κ1) is 10.2. The Labute approximate surface area is 98.8 Å². The van der Waals surface area contributed by atoms with Crippen LogP contribution in [0.2, 0.25) is 0 Å². The van der Waals surface area contributed by atoms with Crippen LogP contribution in [0.3, 0.4) is 0 Å². The maximum absolute atomic E-state index is 1.91. The number of hydrogen-bond donors (Lipinski definition) is 0.